The molecule has 2 rings (SSSR count). The third-order valence-electron chi connectivity index (χ3n) is 1.74. The molecule has 1 heterocycles. The molecular formula is C10H7NO2S. The lowest BCUT2D eigenvalue weighted by Gasteiger charge is -2.01. The molecule has 0 bridgehead atoms. The van der Waals surface area contributed by atoms with Crippen LogP contribution in [0.5, 0.6) is 0 Å². The van der Waals surface area contributed by atoms with Gasteiger partial charge >= 0.3 is 5.97 Å². The van der Waals surface area contributed by atoms with Crippen molar-refractivity contribution in [1.82, 2.24) is 0 Å². The lowest BCUT2D eigenvalue weighted by molar-refractivity contribution is -0.131. The van der Waals surface area contributed by atoms with Gasteiger partial charge in [-0.2, -0.15) is 0 Å². The normalized spacial score (nSPS) is 14.1. The Morgan fingerprint density at radius 3 is 2.93 bits per heavy atom. The van der Waals surface area contributed by atoms with Gasteiger partial charge in [0.25, 0.3) is 0 Å². The molecule has 1 aromatic rings. The van der Waals surface area contributed by atoms with Gasteiger partial charge in [-0.1, -0.05) is 23.9 Å². The van der Waals surface area contributed by atoms with E-state index in [2.05, 4.69) is 4.99 Å². The molecule has 1 aliphatic rings. The van der Waals surface area contributed by atoms with E-state index in [1.807, 2.05) is 24.3 Å². The van der Waals surface area contributed by atoms with E-state index in [0.29, 0.717) is 4.91 Å². The molecule has 70 valence electrons. The summed E-state index contributed by atoms with van der Waals surface area (Å²) in [5.74, 6) is -0.918. The van der Waals surface area contributed by atoms with Crippen molar-refractivity contribution in [3.05, 3.63) is 35.2 Å². The van der Waals surface area contributed by atoms with Gasteiger partial charge in [0.05, 0.1) is 10.6 Å². The van der Waals surface area contributed by atoms with Crippen molar-refractivity contribution in [2.75, 3.05) is 0 Å². The zero-order chi connectivity index (χ0) is 9.97. The summed E-state index contributed by atoms with van der Waals surface area (Å²) in [6, 6.07) is 7.46. The Morgan fingerprint density at radius 2 is 2.14 bits per heavy atom. The maximum atomic E-state index is 10.8. The van der Waals surface area contributed by atoms with Crippen molar-refractivity contribution in [3.63, 3.8) is 0 Å². The van der Waals surface area contributed by atoms with Crippen LogP contribution in [-0.2, 0) is 4.79 Å². The summed E-state index contributed by atoms with van der Waals surface area (Å²) in [7, 11) is 0. The highest BCUT2D eigenvalue weighted by atomic mass is 32.2. The zero-order valence-corrected chi connectivity index (χ0v) is 7.99. The molecule has 14 heavy (non-hydrogen) atoms. The molecule has 4 heteroatoms. The lowest BCUT2D eigenvalue weighted by atomic mass is 10.3. The molecule has 1 aliphatic heterocycles. The second-order valence-corrected chi connectivity index (χ2v) is 3.77. The number of para-hydroxylation sites is 1. The predicted molar refractivity (Wildman–Crippen MR) is 56.2 cm³/mol. The number of benzene rings is 1. The van der Waals surface area contributed by atoms with Crippen molar-refractivity contribution >= 4 is 29.6 Å². The Balaban J connectivity index is 2.42. The standard InChI is InChI=1S/C10H7NO2S/c12-10(13)9-5-6-11-7-3-1-2-4-8(7)14-9/h1-6H,(H,12,13). The number of hydrogen-bond donors (Lipinski definition) is 1. The molecule has 0 atom stereocenters. The van der Waals surface area contributed by atoms with Gasteiger partial charge in [0, 0.05) is 11.1 Å². The lowest BCUT2D eigenvalue weighted by Crippen LogP contribution is -1.95. The van der Waals surface area contributed by atoms with E-state index in [4.69, 9.17) is 5.11 Å². The fourth-order valence-electron chi connectivity index (χ4n) is 1.10. The molecule has 0 fully saturated rings. The Bertz CT molecular complexity index is 438. The fraction of sp³-hybridized carbons (Fsp3) is 0. The third-order valence-corrected chi connectivity index (χ3v) is 2.83. The first-order chi connectivity index (χ1) is 6.77. The maximum Gasteiger partial charge on any atom is 0.342 e. The molecule has 0 aromatic heterocycles. The molecule has 0 radical (unpaired) electrons. The Labute approximate surface area is 85.2 Å². The molecule has 3 nitrogen and oxygen atoms in total. The maximum absolute atomic E-state index is 10.8. The summed E-state index contributed by atoms with van der Waals surface area (Å²) >= 11 is 1.22. The number of allylic oxidation sites excluding steroid dienone is 1. The largest absolute Gasteiger partial charge is 0.477 e. The number of aliphatic carboxylic acids is 1. The van der Waals surface area contributed by atoms with Crippen LogP contribution < -0.4 is 0 Å². The topological polar surface area (TPSA) is 49.7 Å². The van der Waals surface area contributed by atoms with E-state index in [1.54, 1.807) is 0 Å². The molecule has 0 unspecified atom stereocenters. The van der Waals surface area contributed by atoms with Crippen molar-refractivity contribution in [1.29, 1.82) is 0 Å². The number of carboxylic acids is 1. The summed E-state index contributed by atoms with van der Waals surface area (Å²) in [5.41, 5.74) is 0.810. The Kier molecular flexibility index (Phi) is 2.37. The number of thioether (sulfide) groups is 1. The van der Waals surface area contributed by atoms with Crippen LogP contribution >= 0.6 is 11.8 Å². The van der Waals surface area contributed by atoms with E-state index >= 15 is 0 Å². The van der Waals surface area contributed by atoms with Gasteiger partial charge in [-0.05, 0) is 18.2 Å². The highest BCUT2D eigenvalue weighted by molar-refractivity contribution is 8.04. The van der Waals surface area contributed by atoms with Crippen LogP contribution in [0.15, 0.2) is 45.1 Å². The third kappa shape index (κ3) is 1.70. The number of carboxylic acid groups (broad SMARTS) is 1. The average Bonchev–Trinajstić information content (AvgIpc) is 2.39. The van der Waals surface area contributed by atoms with Crippen molar-refractivity contribution < 1.29 is 9.90 Å². The van der Waals surface area contributed by atoms with Gasteiger partial charge in [0.2, 0.25) is 0 Å². The van der Waals surface area contributed by atoms with Crippen LogP contribution in [0.2, 0.25) is 0 Å². The second-order valence-electron chi connectivity index (χ2n) is 2.68. The first-order valence-electron chi connectivity index (χ1n) is 4.02. The highest BCUT2D eigenvalue weighted by Gasteiger charge is 2.12. The number of nitrogens with zero attached hydrogens (tertiary/aromatic N) is 1. The predicted octanol–water partition coefficient (Wildman–Crippen LogP) is 2.46. The van der Waals surface area contributed by atoms with E-state index < -0.39 is 5.97 Å². The zero-order valence-electron chi connectivity index (χ0n) is 7.18. The first kappa shape index (κ1) is 9.02. The van der Waals surface area contributed by atoms with Gasteiger partial charge < -0.3 is 5.11 Å². The summed E-state index contributed by atoms with van der Waals surface area (Å²) < 4.78 is 0. The molecule has 0 amide bonds. The number of hydrogen-bond acceptors (Lipinski definition) is 3. The van der Waals surface area contributed by atoms with Crippen LogP contribution in [-0.4, -0.2) is 17.3 Å². The summed E-state index contributed by atoms with van der Waals surface area (Å²) in [4.78, 5) is 16.1. The SMILES string of the molecule is O=C(O)C1=CC=Nc2ccccc2S1. The van der Waals surface area contributed by atoms with E-state index in [0.717, 1.165) is 10.6 Å². The van der Waals surface area contributed by atoms with E-state index in [1.165, 1.54) is 24.1 Å². The number of carbonyl (C=O) groups is 1. The van der Waals surface area contributed by atoms with Crippen LogP contribution in [0.25, 0.3) is 0 Å². The van der Waals surface area contributed by atoms with E-state index in [9.17, 15) is 4.79 Å². The van der Waals surface area contributed by atoms with Crippen LogP contribution in [0.3, 0.4) is 0 Å². The average molecular weight is 205 g/mol. The molecule has 1 aromatic carbocycles. The van der Waals surface area contributed by atoms with Crippen molar-refractivity contribution in [2.24, 2.45) is 4.99 Å². The van der Waals surface area contributed by atoms with Crippen LogP contribution in [0.4, 0.5) is 5.69 Å². The number of fused-ring (bicyclic) bond motifs is 1. The Morgan fingerprint density at radius 1 is 1.36 bits per heavy atom. The monoisotopic (exact) mass is 205 g/mol. The highest BCUT2D eigenvalue weighted by Crippen LogP contribution is 2.35. The molecule has 0 saturated carbocycles. The van der Waals surface area contributed by atoms with Crippen LogP contribution in [0, 0.1) is 0 Å². The summed E-state index contributed by atoms with van der Waals surface area (Å²) in [6.07, 6.45) is 3.02. The van der Waals surface area contributed by atoms with Crippen molar-refractivity contribution in [3.8, 4) is 0 Å². The summed E-state index contributed by atoms with van der Waals surface area (Å²) in [6.45, 7) is 0. The minimum atomic E-state index is -0.918. The van der Waals surface area contributed by atoms with Gasteiger partial charge in [0.1, 0.15) is 0 Å². The van der Waals surface area contributed by atoms with E-state index in [-0.39, 0.29) is 0 Å². The van der Waals surface area contributed by atoms with Gasteiger partial charge in [0.15, 0.2) is 0 Å². The molecule has 0 saturated heterocycles. The van der Waals surface area contributed by atoms with Gasteiger partial charge in [-0.15, -0.1) is 0 Å². The fourth-order valence-corrected chi connectivity index (χ4v) is 1.93. The first-order valence-corrected chi connectivity index (χ1v) is 4.83. The molecule has 0 spiro atoms. The quantitative estimate of drug-likeness (QED) is 0.766. The van der Waals surface area contributed by atoms with Crippen molar-refractivity contribution in [2.45, 2.75) is 4.90 Å². The number of rotatable bonds is 1. The smallest absolute Gasteiger partial charge is 0.342 e. The molecule has 0 aliphatic carbocycles. The van der Waals surface area contributed by atoms with Crippen LogP contribution in [0.1, 0.15) is 0 Å². The molecular weight excluding hydrogens is 198 g/mol. The van der Waals surface area contributed by atoms with Gasteiger partial charge in [-0.25, -0.2) is 4.79 Å². The number of aliphatic imine (C=N–C) groups is 1. The minimum Gasteiger partial charge on any atom is -0.477 e. The molecule has 1 N–H and O–H groups in total. The Hall–Kier alpha value is -1.55. The second kappa shape index (κ2) is 3.67. The summed E-state index contributed by atoms with van der Waals surface area (Å²) in [5, 5.41) is 8.84. The minimum absolute atomic E-state index is 0.290. The van der Waals surface area contributed by atoms with Gasteiger partial charge in [-0.3, -0.25) is 4.99 Å².